The van der Waals surface area contributed by atoms with Crippen molar-refractivity contribution >= 4 is 12.0 Å². The van der Waals surface area contributed by atoms with Crippen molar-refractivity contribution in [2.24, 2.45) is 11.3 Å². The van der Waals surface area contributed by atoms with Gasteiger partial charge in [0.25, 0.3) is 0 Å². The third kappa shape index (κ3) is 3.61. The van der Waals surface area contributed by atoms with Crippen LogP contribution in [-0.2, 0) is 4.79 Å². The fourth-order valence-corrected chi connectivity index (χ4v) is 3.17. The average Bonchev–Trinajstić information content (AvgIpc) is 2.83. The number of hydrogen-bond donors (Lipinski definition) is 2. The number of carboxylic acids is 1. The number of amides is 2. The number of carboxylic acid groups (broad SMARTS) is 1. The highest BCUT2D eigenvalue weighted by Gasteiger charge is 2.31. The molecule has 0 aromatic rings. The van der Waals surface area contributed by atoms with Gasteiger partial charge < -0.3 is 15.3 Å². The van der Waals surface area contributed by atoms with Gasteiger partial charge >= 0.3 is 12.0 Å². The lowest BCUT2D eigenvalue weighted by atomic mass is 9.89. The summed E-state index contributed by atoms with van der Waals surface area (Å²) < 4.78 is 0. The van der Waals surface area contributed by atoms with E-state index in [2.05, 4.69) is 12.2 Å². The van der Waals surface area contributed by atoms with Gasteiger partial charge in [-0.3, -0.25) is 4.79 Å². The summed E-state index contributed by atoms with van der Waals surface area (Å²) in [5.74, 6) is -1.19. The molecule has 0 radical (unpaired) electrons. The summed E-state index contributed by atoms with van der Waals surface area (Å²) >= 11 is 0. The Morgan fingerprint density at radius 3 is 2.63 bits per heavy atom. The van der Waals surface area contributed by atoms with Crippen LogP contribution in [0.1, 0.15) is 45.4 Å². The van der Waals surface area contributed by atoms with Crippen LogP contribution in [0.2, 0.25) is 0 Å². The largest absolute Gasteiger partial charge is 0.481 e. The van der Waals surface area contributed by atoms with E-state index in [1.807, 2.05) is 0 Å². The van der Waals surface area contributed by atoms with Crippen molar-refractivity contribution in [2.75, 3.05) is 19.6 Å². The van der Waals surface area contributed by atoms with Crippen molar-refractivity contribution in [3.63, 3.8) is 0 Å². The molecule has 19 heavy (non-hydrogen) atoms. The summed E-state index contributed by atoms with van der Waals surface area (Å²) in [6, 6.07) is -0.0981. The molecule has 1 heterocycles. The van der Waals surface area contributed by atoms with Crippen LogP contribution in [0, 0.1) is 11.3 Å². The average molecular weight is 268 g/mol. The minimum Gasteiger partial charge on any atom is -0.481 e. The van der Waals surface area contributed by atoms with E-state index >= 15 is 0 Å². The van der Waals surface area contributed by atoms with Gasteiger partial charge in [0, 0.05) is 19.6 Å². The topological polar surface area (TPSA) is 69.6 Å². The Labute approximate surface area is 114 Å². The highest BCUT2D eigenvalue weighted by molar-refractivity contribution is 5.76. The van der Waals surface area contributed by atoms with Gasteiger partial charge in [-0.25, -0.2) is 4.79 Å². The maximum Gasteiger partial charge on any atom is 0.317 e. The molecule has 0 unspecified atom stereocenters. The number of carbonyl (C=O) groups is 2. The maximum atomic E-state index is 12.1. The predicted octanol–water partition coefficient (Wildman–Crippen LogP) is 2.07. The highest BCUT2D eigenvalue weighted by atomic mass is 16.4. The third-order valence-electron chi connectivity index (χ3n) is 4.53. The first-order chi connectivity index (χ1) is 9.00. The van der Waals surface area contributed by atoms with E-state index in [1.165, 1.54) is 25.7 Å². The zero-order valence-electron chi connectivity index (χ0n) is 11.7. The number of urea groups is 1. The van der Waals surface area contributed by atoms with E-state index in [1.54, 1.807) is 4.90 Å². The maximum absolute atomic E-state index is 12.1. The van der Waals surface area contributed by atoms with Gasteiger partial charge in [0.1, 0.15) is 0 Å². The second-order valence-corrected chi connectivity index (χ2v) is 6.30. The number of carbonyl (C=O) groups excluding carboxylic acids is 1. The number of rotatable bonds is 3. The van der Waals surface area contributed by atoms with Crippen LogP contribution in [0.5, 0.6) is 0 Å². The van der Waals surface area contributed by atoms with Crippen molar-refractivity contribution < 1.29 is 14.7 Å². The van der Waals surface area contributed by atoms with Crippen molar-refractivity contribution in [1.82, 2.24) is 10.2 Å². The van der Waals surface area contributed by atoms with E-state index < -0.39 is 11.9 Å². The summed E-state index contributed by atoms with van der Waals surface area (Å²) in [7, 11) is 0. The smallest absolute Gasteiger partial charge is 0.317 e. The van der Waals surface area contributed by atoms with Crippen LogP contribution in [0.3, 0.4) is 0 Å². The second kappa shape index (κ2) is 5.80. The molecule has 2 rings (SSSR count). The number of hydrogen-bond acceptors (Lipinski definition) is 2. The monoisotopic (exact) mass is 268 g/mol. The fraction of sp³-hybridized carbons (Fsp3) is 0.857. The Morgan fingerprint density at radius 2 is 2.00 bits per heavy atom. The minimum absolute atomic E-state index is 0.0981. The Morgan fingerprint density at radius 1 is 1.32 bits per heavy atom. The first kappa shape index (κ1) is 14.2. The summed E-state index contributed by atoms with van der Waals surface area (Å²) in [4.78, 5) is 24.7. The van der Waals surface area contributed by atoms with Crippen LogP contribution >= 0.6 is 0 Å². The van der Waals surface area contributed by atoms with Gasteiger partial charge in [0.05, 0.1) is 5.92 Å². The third-order valence-corrected chi connectivity index (χ3v) is 4.53. The zero-order valence-corrected chi connectivity index (χ0v) is 11.7. The molecule has 108 valence electrons. The molecule has 5 heteroatoms. The van der Waals surface area contributed by atoms with Crippen LogP contribution in [0.25, 0.3) is 0 Å². The lowest BCUT2D eigenvalue weighted by Gasteiger charge is -2.32. The van der Waals surface area contributed by atoms with E-state index in [4.69, 9.17) is 5.11 Å². The fourth-order valence-electron chi connectivity index (χ4n) is 3.17. The molecule has 0 bridgehead atoms. The molecule has 1 atom stereocenters. The first-order valence-corrected chi connectivity index (χ1v) is 7.26. The molecule has 1 saturated heterocycles. The molecule has 1 saturated carbocycles. The van der Waals surface area contributed by atoms with Gasteiger partial charge in [-0.15, -0.1) is 0 Å². The first-order valence-electron chi connectivity index (χ1n) is 7.26. The van der Waals surface area contributed by atoms with E-state index in [0.717, 1.165) is 6.42 Å². The molecule has 2 fully saturated rings. The van der Waals surface area contributed by atoms with Crippen LogP contribution in [-0.4, -0.2) is 41.6 Å². The second-order valence-electron chi connectivity index (χ2n) is 6.30. The Kier molecular flexibility index (Phi) is 4.32. The van der Waals surface area contributed by atoms with Gasteiger partial charge in [-0.05, 0) is 31.1 Å². The molecular formula is C14H24N2O3. The molecule has 2 amide bonds. The van der Waals surface area contributed by atoms with Crippen LogP contribution in [0.4, 0.5) is 4.79 Å². The van der Waals surface area contributed by atoms with E-state index in [0.29, 0.717) is 26.1 Å². The minimum atomic E-state index is -0.791. The van der Waals surface area contributed by atoms with E-state index in [9.17, 15) is 9.59 Å². The van der Waals surface area contributed by atoms with Gasteiger partial charge in [0.2, 0.25) is 0 Å². The van der Waals surface area contributed by atoms with Gasteiger partial charge in [0.15, 0.2) is 0 Å². The SMILES string of the molecule is CC1(CNC(=O)N2CCC[C@@H](C(=O)O)C2)CCCC1. The summed E-state index contributed by atoms with van der Waals surface area (Å²) in [5.41, 5.74) is 0.234. The molecule has 0 aromatic carbocycles. The molecule has 1 aliphatic heterocycles. The number of aliphatic carboxylic acids is 1. The molecule has 1 aliphatic carbocycles. The number of nitrogens with one attached hydrogen (secondary N) is 1. The zero-order chi connectivity index (χ0) is 13.9. The van der Waals surface area contributed by atoms with Crippen LogP contribution in [0.15, 0.2) is 0 Å². The van der Waals surface area contributed by atoms with Gasteiger partial charge in [-0.2, -0.15) is 0 Å². The lowest BCUT2D eigenvalue weighted by Crippen LogP contribution is -2.48. The molecule has 0 aromatic heterocycles. The van der Waals surface area contributed by atoms with Crippen molar-refractivity contribution in [3.05, 3.63) is 0 Å². The Bertz CT molecular complexity index is 351. The van der Waals surface area contributed by atoms with Crippen LogP contribution < -0.4 is 5.32 Å². The molecule has 2 aliphatic rings. The quantitative estimate of drug-likeness (QED) is 0.823. The number of nitrogens with zero attached hydrogens (tertiary/aromatic N) is 1. The Hall–Kier alpha value is -1.26. The van der Waals surface area contributed by atoms with Crippen molar-refractivity contribution in [1.29, 1.82) is 0 Å². The predicted molar refractivity (Wildman–Crippen MR) is 71.9 cm³/mol. The standard InChI is InChI=1S/C14H24N2O3/c1-14(6-2-3-7-14)10-15-13(19)16-8-4-5-11(9-16)12(17)18/h11H,2-10H2,1H3,(H,15,19)(H,17,18)/t11-/m1/s1. The summed E-state index contributed by atoms with van der Waals surface area (Å²) in [6.45, 7) is 3.95. The van der Waals surface area contributed by atoms with Gasteiger partial charge in [-0.1, -0.05) is 19.8 Å². The molecular weight excluding hydrogens is 244 g/mol. The van der Waals surface area contributed by atoms with E-state index in [-0.39, 0.29) is 11.4 Å². The number of likely N-dealkylation sites (tertiary alicyclic amines) is 1. The summed E-state index contributed by atoms with van der Waals surface area (Å²) in [5, 5.41) is 12.0. The number of piperidine rings is 1. The molecule has 5 nitrogen and oxygen atoms in total. The highest BCUT2D eigenvalue weighted by Crippen LogP contribution is 2.36. The van der Waals surface area contributed by atoms with Crippen molar-refractivity contribution in [3.8, 4) is 0 Å². The Balaban J connectivity index is 1.80. The normalized spacial score (nSPS) is 26.2. The van der Waals surface area contributed by atoms with Crippen molar-refractivity contribution in [2.45, 2.75) is 45.4 Å². The molecule has 0 spiro atoms. The summed E-state index contributed by atoms with van der Waals surface area (Å²) in [6.07, 6.45) is 6.29. The lowest BCUT2D eigenvalue weighted by molar-refractivity contribution is -0.143. The molecule has 2 N–H and O–H groups in total.